The SMILES string of the molecule is Cn1cc(-c2cc(S(C)(=O)=O)ccc2OCC2CC2)cc(Oc2ccccc2)c1=O. The number of hydrogen-bond acceptors (Lipinski definition) is 5. The maximum absolute atomic E-state index is 12.6. The molecule has 1 aliphatic carbocycles. The van der Waals surface area contributed by atoms with Crippen LogP contribution < -0.4 is 15.0 Å². The van der Waals surface area contributed by atoms with Crippen molar-refractivity contribution in [3.8, 4) is 28.4 Å². The van der Waals surface area contributed by atoms with Gasteiger partial charge in [-0.25, -0.2) is 8.42 Å². The van der Waals surface area contributed by atoms with Gasteiger partial charge in [-0.3, -0.25) is 4.79 Å². The van der Waals surface area contributed by atoms with E-state index < -0.39 is 9.84 Å². The lowest BCUT2D eigenvalue weighted by Gasteiger charge is -2.15. The number of aromatic nitrogens is 1. The molecule has 1 heterocycles. The highest BCUT2D eigenvalue weighted by molar-refractivity contribution is 7.90. The largest absolute Gasteiger partial charge is 0.493 e. The van der Waals surface area contributed by atoms with Crippen LogP contribution in [0.15, 0.2) is 70.5 Å². The number of benzene rings is 2. The van der Waals surface area contributed by atoms with Gasteiger partial charge in [-0.15, -0.1) is 0 Å². The van der Waals surface area contributed by atoms with Crippen molar-refractivity contribution in [2.75, 3.05) is 12.9 Å². The van der Waals surface area contributed by atoms with Gasteiger partial charge in [0.15, 0.2) is 15.6 Å². The molecule has 7 heteroatoms. The Morgan fingerprint density at radius 3 is 2.43 bits per heavy atom. The van der Waals surface area contributed by atoms with Crippen LogP contribution in [0, 0.1) is 5.92 Å². The van der Waals surface area contributed by atoms with Crippen molar-refractivity contribution < 1.29 is 17.9 Å². The van der Waals surface area contributed by atoms with Crippen molar-refractivity contribution in [3.05, 3.63) is 71.1 Å². The molecule has 1 fully saturated rings. The second kappa shape index (κ2) is 7.99. The van der Waals surface area contributed by atoms with Gasteiger partial charge >= 0.3 is 0 Å². The summed E-state index contributed by atoms with van der Waals surface area (Å²) in [5, 5.41) is 0. The number of para-hydroxylation sites is 1. The first kappa shape index (κ1) is 20.2. The van der Waals surface area contributed by atoms with E-state index in [2.05, 4.69) is 0 Å². The van der Waals surface area contributed by atoms with Gasteiger partial charge in [0.2, 0.25) is 0 Å². The zero-order chi connectivity index (χ0) is 21.3. The van der Waals surface area contributed by atoms with Crippen molar-refractivity contribution in [2.24, 2.45) is 13.0 Å². The van der Waals surface area contributed by atoms with E-state index in [1.165, 1.54) is 10.8 Å². The van der Waals surface area contributed by atoms with Crippen LogP contribution in [0.2, 0.25) is 0 Å². The second-order valence-corrected chi connectivity index (χ2v) is 9.62. The summed E-state index contributed by atoms with van der Waals surface area (Å²) in [5.41, 5.74) is 0.953. The summed E-state index contributed by atoms with van der Waals surface area (Å²) in [4.78, 5) is 12.8. The molecule has 0 amide bonds. The van der Waals surface area contributed by atoms with Crippen molar-refractivity contribution in [1.29, 1.82) is 0 Å². The highest BCUT2D eigenvalue weighted by Gasteiger charge is 2.23. The molecular formula is C23H23NO5S. The number of ether oxygens (including phenoxy) is 2. The van der Waals surface area contributed by atoms with Crippen LogP contribution >= 0.6 is 0 Å². The lowest BCUT2D eigenvalue weighted by Crippen LogP contribution is -2.17. The Hall–Kier alpha value is -3.06. The number of aryl methyl sites for hydroxylation is 1. The Morgan fingerprint density at radius 2 is 1.77 bits per heavy atom. The molecule has 0 unspecified atom stereocenters. The second-order valence-electron chi connectivity index (χ2n) is 7.61. The minimum absolute atomic E-state index is 0.152. The fourth-order valence-corrected chi connectivity index (χ4v) is 3.75. The summed E-state index contributed by atoms with van der Waals surface area (Å²) in [6.07, 6.45) is 5.12. The molecule has 0 N–H and O–H groups in total. The number of pyridine rings is 1. The van der Waals surface area contributed by atoms with Crippen LogP contribution in [0.4, 0.5) is 0 Å². The highest BCUT2D eigenvalue weighted by atomic mass is 32.2. The predicted molar refractivity (Wildman–Crippen MR) is 115 cm³/mol. The van der Waals surface area contributed by atoms with Gasteiger partial charge < -0.3 is 14.0 Å². The van der Waals surface area contributed by atoms with E-state index in [9.17, 15) is 13.2 Å². The van der Waals surface area contributed by atoms with Crippen LogP contribution in [0.5, 0.6) is 17.2 Å². The molecule has 6 nitrogen and oxygen atoms in total. The minimum Gasteiger partial charge on any atom is -0.493 e. The van der Waals surface area contributed by atoms with Crippen LogP contribution in [0.25, 0.3) is 11.1 Å². The molecule has 1 saturated carbocycles. The van der Waals surface area contributed by atoms with Gasteiger partial charge in [0.05, 0.1) is 11.5 Å². The monoisotopic (exact) mass is 425 g/mol. The Balaban J connectivity index is 1.80. The molecule has 0 aliphatic heterocycles. The van der Waals surface area contributed by atoms with Gasteiger partial charge in [-0.05, 0) is 55.2 Å². The van der Waals surface area contributed by atoms with Crippen molar-refractivity contribution in [2.45, 2.75) is 17.7 Å². The first-order chi connectivity index (χ1) is 14.3. The molecule has 0 bridgehead atoms. The molecule has 0 spiro atoms. The predicted octanol–water partition coefficient (Wildman–Crippen LogP) is 4.04. The highest BCUT2D eigenvalue weighted by Crippen LogP contribution is 2.36. The Bertz CT molecular complexity index is 1230. The van der Waals surface area contributed by atoms with Crippen molar-refractivity contribution in [1.82, 2.24) is 4.57 Å². The summed E-state index contributed by atoms with van der Waals surface area (Å²) >= 11 is 0. The maximum atomic E-state index is 12.6. The quantitative estimate of drug-likeness (QED) is 0.571. The average molecular weight is 426 g/mol. The van der Waals surface area contributed by atoms with E-state index >= 15 is 0 Å². The van der Waals surface area contributed by atoms with Gasteiger partial charge in [0.1, 0.15) is 11.5 Å². The van der Waals surface area contributed by atoms with E-state index in [4.69, 9.17) is 9.47 Å². The van der Waals surface area contributed by atoms with Crippen LogP contribution in [-0.4, -0.2) is 25.8 Å². The molecule has 4 rings (SSSR count). The minimum atomic E-state index is -3.40. The zero-order valence-corrected chi connectivity index (χ0v) is 17.7. The lowest BCUT2D eigenvalue weighted by atomic mass is 10.1. The lowest BCUT2D eigenvalue weighted by molar-refractivity contribution is 0.301. The van der Waals surface area contributed by atoms with Gasteiger partial charge in [-0.1, -0.05) is 18.2 Å². The number of rotatable bonds is 7. The fraction of sp³-hybridized carbons (Fsp3) is 0.261. The van der Waals surface area contributed by atoms with Gasteiger partial charge in [0.25, 0.3) is 5.56 Å². The molecule has 30 heavy (non-hydrogen) atoms. The van der Waals surface area contributed by atoms with Crippen molar-refractivity contribution >= 4 is 9.84 Å². The van der Waals surface area contributed by atoms with Crippen LogP contribution in [-0.2, 0) is 16.9 Å². The van der Waals surface area contributed by atoms with Crippen LogP contribution in [0.3, 0.4) is 0 Å². The normalized spacial score (nSPS) is 13.8. The Kier molecular flexibility index (Phi) is 5.39. The third kappa shape index (κ3) is 4.57. The van der Waals surface area contributed by atoms with Crippen LogP contribution in [0.1, 0.15) is 12.8 Å². The van der Waals surface area contributed by atoms with E-state index in [0.29, 0.717) is 35.2 Å². The third-order valence-electron chi connectivity index (χ3n) is 4.98. The summed E-state index contributed by atoms with van der Waals surface area (Å²) < 4.78 is 37.4. The summed E-state index contributed by atoms with van der Waals surface area (Å²) in [6, 6.07) is 15.5. The van der Waals surface area contributed by atoms with Crippen molar-refractivity contribution in [3.63, 3.8) is 0 Å². The zero-order valence-electron chi connectivity index (χ0n) is 16.9. The van der Waals surface area contributed by atoms with E-state index in [1.54, 1.807) is 49.6 Å². The third-order valence-corrected chi connectivity index (χ3v) is 6.09. The molecule has 1 aromatic heterocycles. The Morgan fingerprint density at radius 1 is 1.03 bits per heavy atom. The van der Waals surface area contributed by atoms with Gasteiger partial charge in [-0.2, -0.15) is 0 Å². The number of hydrogen-bond donors (Lipinski definition) is 0. The Labute approximate surface area is 175 Å². The molecule has 3 aromatic rings. The fourth-order valence-electron chi connectivity index (χ4n) is 3.10. The molecular weight excluding hydrogens is 402 g/mol. The molecule has 0 saturated heterocycles. The topological polar surface area (TPSA) is 74.6 Å². The summed E-state index contributed by atoms with van der Waals surface area (Å²) in [6.45, 7) is 0.588. The number of nitrogens with zero attached hydrogens (tertiary/aromatic N) is 1. The molecule has 0 radical (unpaired) electrons. The van der Waals surface area contributed by atoms with Gasteiger partial charge in [0, 0.05) is 30.6 Å². The van der Waals surface area contributed by atoms with E-state index in [0.717, 1.165) is 12.8 Å². The first-order valence-electron chi connectivity index (χ1n) is 9.72. The molecule has 2 aromatic carbocycles. The maximum Gasteiger partial charge on any atom is 0.293 e. The van der Waals surface area contributed by atoms with E-state index in [-0.39, 0.29) is 16.2 Å². The molecule has 0 atom stereocenters. The summed E-state index contributed by atoms with van der Waals surface area (Å²) in [5.74, 6) is 1.82. The van der Waals surface area contributed by atoms with E-state index in [1.807, 2.05) is 18.2 Å². The standard InChI is InChI=1S/C23H23NO5S/c1-24-14-17(12-22(23(24)25)29-18-6-4-3-5-7-18)20-13-19(30(2,26)27)10-11-21(20)28-15-16-8-9-16/h3-7,10-14,16H,8-9,15H2,1-2H3. The smallest absolute Gasteiger partial charge is 0.293 e. The molecule has 1 aliphatic rings. The first-order valence-corrected chi connectivity index (χ1v) is 11.6. The number of sulfone groups is 1. The summed E-state index contributed by atoms with van der Waals surface area (Å²) in [7, 11) is -1.77. The molecule has 156 valence electrons. The average Bonchev–Trinajstić information content (AvgIpc) is 3.54.